The van der Waals surface area contributed by atoms with Gasteiger partial charge in [-0.05, 0) is 25.6 Å². The van der Waals surface area contributed by atoms with Crippen molar-refractivity contribution in [2.24, 2.45) is 0 Å². The van der Waals surface area contributed by atoms with Crippen LogP contribution in [0.2, 0.25) is 19.1 Å². The third-order valence-electron chi connectivity index (χ3n) is 2.78. The summed E-state index contributed by atoms with van der Waals surface area (Å²) in [5.41, 5.74) is 0. The van der Waals surface area contributed by atoms with Crippen LogP contribution in [0.5, 0.6) is 0 Å². The predicted molar refractivity (Wildman–Crippen MR) is 62.1 cm³/mol. The lowest BCUT2D eigenvalue weighted by Gasteiger charge is -2.28. The fourth-order valence-corrected chi connectivity index (χ4v) is 4.22. The van der Waals surface area contributed by atoms with Gasteiger partial charge in [0.05, 0.1) is 12.7 Å². The van der Waals surface area contributed by atoms with E-state index in [1.54, 1.807) is 0 Å². The van der Waals surface area contributed by atoms with Crippen LogP contribution >= 0.6 is 0 Å². The summed E-state index contributed by atoms with van der Waals surface area (Å²) < 4.78 is 11.5. The van der Waals surface area contributed by atoms with E-state index in [4.69, 9.17) is 9.16 Å². The van der Waals surface area contributed by atoms with Crippen molar-refractivity contribution in [3.8, 4) is 0 Å². The van der Waals surface area contributed by atoms with Crippen molar-refractivity contribution < 1.29 is 9.16 Å². The molecule has 14 heavy (non-hydrogen) atoms. The first kappa shape index (κ1) is 12.2. The minimum Gasteiger partial charge on any atom is -0.412 e. The number of unbranched alkanes of at least 4 members (excludes halogenated alkanes) is 1. The number of hydrogen-bond donors (Lipinski definition) is 0. The van der Waals surface area contributed by atoms with Gasteiger partial charge in [-0.3, -0.25) is 0 Å². The second-order valence-corrected chi connectivity index (χ2v) is 9.05. The van der Waals surface area contributed by atoms with E-state index in [9.17, 15) is 0 Å². The zero-order valence-corrected chi connectivity index (χ0v) is 11.0. The number of ether oxygens (including phenoxy) is 1. The highest BCUT2D eigenvalue weighted by molar-refractivity contribution is 6.71. The van der Waals surface area contributed by atoms with Gasteiger partial charge in [-0.25, -0.2) is 0 Å². The molecule has 2 atom stereocenters. The molecule has 1 aliphatic heterocycles. The average Bonchev–Trinajstić information content (AvgIpc) is 2.94. The molecular weight excluding hydrogens is 192 g/mol. The van der Waals surface area contributed by atoms with E-state index in [1.165, 1.54) is 18.9 Å². The summed E-state index contributed by atoms with van der Waals surface area (Å²) in [6.07, 6.45) is 4.45. The first-order valence-corrected chi connectivity index (χ1v) is 9.00. The van der Waals surface area contributed by atoms with E-state index in [1.807, 2.05) is 0 Å². The fraction of sp³-hybridized carbons (Fsp3) is 1.00. The summed E-state index contributed by atoms with van der Waals surface area (Å²) >= 11 is 0. The summed E-state index contributed by atoms with van der Waals surface area (Å²) in [7, 11) is -1.41. The molecule has 0 spiro atoms. The summed E-state index contributed by atoms with van der Waals surface area (Å²) in [6, 6.07) is 1.28. The molecule has 2 unspecified atom stereocenters. The molecule has 3 heteroatoms. The Morgan fingerprint density at radius 2 is 2.07 bits per heavy atom. The highest BCUT2D eigenvalue weighted by Gasteiger charge is 2.36. The third-order valence-corrected chi connectivity index (χ3v) is 5.28. The van der Waals surface area contributed by atoms with Gasteiger partial charge in [0.25, 0.3) is 0 Å². The number of epoxide rings is 1. The third kappa shape index (κ3) is 4.11. The van der Waals surface area contributed by atoms with Gasteiger partial charge in [0.2, 0.25) is 0 Å². The first-order valence-electron chi connectivity index (χ1n) is 5.88. The van der Waals surface area contributed by atoms with Crippen molar-refractivity contribution >= 4 is 8.32 Å². The van der Waals surface area contributed by atoms with Gasteiger partial charge in [0, 0.05) is 0 Å². The van der Waals surface area contributed by atoms with Gasteiger partial charge in [0.1, 0.15) is 6.10 Å². The van der Waals surface area contributed by atoms with Crippen LogP contribution in [0.15, 0.2) is 0 Å². The molecule has 1 heterocycles. The predicted octanol–water partition coefficient (Wildman–Crippen LogP) is 3.19. The minimum absolute atomic E-state index is 0.369. The van der Waals surface area contributed by atoms with Gasteiger partial charge < -0.3 is 9.16 Å². The van der Waals surface area contributed by atoms with Gasteiger partial charge in [-0.1, -0.05) is 26.7 Å². The Hall–Kier alpha value is 0.137. The summed E-state index contributed by atoms with van der Waals surface area (Å²) in [5.74, 6) is 0. The lowest BCUT2D eigenvalue weighted by Crippen LogP contribution is -2.37. The molecule has 0 radical (unpaired) electrons. The SMILES string of the molecule is CCCC[Si](C)(C)OC(CC)C1CO1. The first-order chi connectivity index (χ1) is 6.59. The maximum Gasteiger partial charge on any atom is 0.187 e. The molecule has 0 N–H and O–H groups in total. The Labute approximate surface area is 89.1 Å². The molecular formula is C11H24O2Si. The molecule has 2 nitrogen and oxygen atoms in total. The monoisotopic (exact) mass is 216 g/mol. The lowest BCUT2D eigenvalue weighted by atomic mass is 10.2. The summed E-state index contributed by atoms with van der Waals surface area (Å²) in [6.45, 7) is 10.0. The van der Waals surface area contributed by atoms with E-state index < -0.39 is 8.32 Å². The van der Waals surface area contributed by atoms with Crippen molar-refractivity contribution in [3.63, 3.8) is 0 Å². The van der Waals surface area contributed by atoms with Gasteiger partial charge >= 0.3 is 0 Å². The second-order valence-electron chi connectivity index (χ2n) is 4.80. The van der Waals surface area contributed by atoms with Crippen molar-refractivity contribution in [2.75, 3.05) is 6.61 Å². The van der Waals surface area contributed by atoms with Crippen LogP contribution in [0.4, 0.5) is 0 Å². The van der Waals surface area contributed by atoms with E-state index in [2.05, 4.69) is 26.9 Å². The van der Waals surface area contributed by atoms with Crippen LogP contribution < -0.4 is 0 Å². The van der Waals surface area contributed by atoms with Gasteiger partial charge in [-0.15, -0.1) is 0 Å². The smallest absolute Gasteiger partial charge is 0.187 e. The average molecular weight is 216 g/mol. The highest BCUT2D eigenvalue weighted by Crippen LogP contribution is 2.25. The van der Waals surface area contributed by atoms with Crippen LogP contribution in [-0.4, -0.2) is 27.1 Å². The molecule has 1 saturated heterocycles. The standard InChI is InChI=1S/C11H24O2Si/c1-5-7-8-14(3,4)13-10(6-2)11-9-12-11/h10-11H,5-9H2,1-4H3. The maximum absolute atomic E-state index is 6.23. The van der Waals surface area contributed by atoms with Crippen LogP contribution in [0.1, 0.15) is 33.1 Å². The van der Waals surface area contributed by atoms with Crippen LogP contribution in [0.3, 0.4) is 0 Å². The van der Waals surface area contributed by atoms with Crippen LogP contribution in [0, 0.1) is 0 Å². The van der Waals surface area contributed by atoms with Crippen LogP contribution in [0.25, 0.3) is 0 Å². The Bertz CT molecular complexity index is 167. The quantitative estimate of drug-likeness (QED) is 0.481. The molecule has 0 amide bonds. The number of hydrogen-bond acceptors (Lipinski definition) is 2. The molecule has 0 saturated carbocycles. The largest absolute Gasteiger partial charge is 0.412 e. The molecule has 0 bridgehead atoms. The normalized spacial score (nSPS) is 23.6. The highest BCUT2D eigenvalue weighted by atomic mass is 28.4. The van der Waals surface area contributed by atoms with E-state index in [0.717, 1.165) is 13.0 Å². The molecule has 1 rings (SSSR count). The van der Waals surface area contributed by atoms with E-state index in [0.29, 0.717) is 12.2 Å². The molecule has 0 aromatic heterocycles. The molecule has 0 aromatic rings. The lowest BCUT2D eigenvalue weighted by molar-refractivity contribution is 0.146. The van der Waals surface area contributed by atoms with Crippen molar-refractivity contribution in [1.82, 2.24) is 0 Å². The van der Waals surface area contributed by atoms with Gasteiger partial charge in [-0.2, -0.15) is 0 Å². The molecule has 84 valence electrons. The Morgan fingerprint density at radius 1 is 1.43 bits per heavy atom. The summed E-state index contributed by atoms with van der Waals surface area (Å²) in [4.78, 5) is 0. The van der Waals surface area contributed by atoms with E-state index in [-0.39, 0.29) is 0 Å². The van der Waals surface area contributed by atoms with Crippen molar-refractivity contribution in [1.29, 1.82) is 0 Å². The molecule has 0 aromatic carbocycles. The second kappa shape index (κ2) is 5.28. The summed E-state index contributed by atoms with van der Waals surface area (Å²) in [5, 5.41) is 0. The van der Waals surface area contributed by atoms with Crippen LogP contribution in [-0.2, 0) is 9.16 Å². The van der Waals surface area contributed by atoms with E-state index >= 15 is 0 Å². The zero-order chi connectivity index (χ0) is 10.6. The topological polar surface area (TPSA) is 21.8 Å². The zero-order valence-electron chi connectivity index (χ0n) is 10.0. The Kier molecular flexibility index (Phi) is 4.61. The Morgan fingerprint density at radius 3 is 2.50 bits per heavy atom. The molecule has 1 fully saturated rings. The Balaban J connectivity index is 2.30. The maximum atomic E-state index is 6.23. The molecule has 1 aliphatic rings. The van der Waals surface area contributed by atoms with Gasteiger partial charge in [0.15, 0.2) is 8.32 Å². The van der Waals surface area contributed by atoms with Crippen molar-refractivity contribution in [3.05, 3.63) is 0 Å². The fourth-order valence-electron chi connectivity index (χ4n) is 1.76. The minimum atomic E-state index is -1.41. The van der Waals surface area contributed by atoms with Crippen molar-refractivity contribution in [2.45, 2.75) is 64.5 Å². The molecule has 0 aliphatic carbocycles. The number of rotatable bonds is 7.